The van der Waals surface area contributed by atoms with Crippen molar-refractivity contribution in [3.63, 3.8) is 0 Å². The molecular weight excluding hydrogens is 421 g/mol. The number of morpholine rings is 1. The number of rotatable bonds is 6. The van der Waals surface area contributed by atoms with Crippen molar-refractivity contribution in [3.8, 4) is 0 Å². The molecule has 0 spiro atoms. The zero-order valence-electron chi connectivity index (χ0n) is 18.7. The fourth-order valence-corrected chi connectivity index (χ4v) is 5.30. The van der Waals surface area contributed by atoms with Crippen LogP contribution in [-0.4, -0.2) is 50.9 Å². The second-order valence-corrected chi connectivity index (χ2v) is 11.3. The second kappa shape index (κ2) is 9.83. The Balaban J connectivity index is 1.64. The Bertz CT molecular complexity index is 875. The molecule has 2 atom stereocenters. The van der Waals surface area contributed by atoms with Gasteiger partial charge in [-0.05, 0) is 71.6 Å². The van der Waals surface area contributed by atoms with Crippen LogP contribution in [0.15, 0.2) is 18.2 Å². The average molecular weight is 456 g/mol. The number of carbonyl (C=O) groups excluding carboxylic acids is 1. The summed E-state index contributed by atoms with van der Waals surface area (Å²) in [6.45, 7) is 8.50. The lowest BCUT2D eigenvalue weighted by Crippen LogP contribution is -2.46. The van der Waals surface area contributed by atoms with Crippen molar-refractivity contribution in [2.24, 2.45) is 5.92 Å². The van der Waals surface area contributed by atoms with Gasteiger partial charge in [-0.3, -0.25) is 4.79 Å². The first kappa shape index (κ1) is 23.9. The molecule has 2 fully saturated rings. The highest BCUT2D eigenvalue weighted by Gasteiger charge is 2.30. The van der Waals surface area contributed by atoms with Crippen LogP contribution in [0.1, 0.15) is 53.4 Å². The number of hydrogen-bond donors (Lipinski definition) is 2. The predicted molar refractivity (Wildman–Crippen MR) is 120 cm³/mol. The van der Waals surface area contributed by atoms with Crippen LogP contribution in [0.2, 0.25) is 0 Å². The highest BCUT2D eigenvalue weighted by Crippen LogP contribution is 2.32. The Hall–Kier alpha value is -1.71. The van der Waals surface area contributed by atoms with Crippen LogP contribution in [0.5, 0.6) is 0 Å². The van der Waals surface area contributed by atoms with Crippen molar-refractivity contribution in [2.75, 3.05) is 23.3 Å². The van der Waals surface area contributed by atoms with Gasteiger partial charge in [0.1, 0.15) is 5.82 Å². The molecule has 1 saturated carbocycles. The number of hydrogen-bond acceptors (Lipinski definition) is 5. The topological polar surface area (TPSA) is 87.7 Å². The third-order valence-corrected chi connectivity index (χ3v) is 7.93. The van der Waals surface area contributed by atoms with Crippen molar-refractivity contribution < 1.29 is 22.3 Å². The maximum Gasteiger partial charge on any atom is 0.227 e. The molecule has 2 N–H and O–H groups in total. The van der Waals surface area contributed by atoms with E-state index in [0.29, 0.717) is 50.1 Å². The molecule has 1 amide bonds. The molecule has 1 aromatic carbocycles. The first-order chi connectivity index (χ1) is 14.5. The minimum Gasteiger partial charge on any atom is -0.372 e. The van der Waals surface area contributed by atoms with E-state index >= 15 is 0 Å². The minimum absolute atomic E-state index is 0.0143. The molecule has 0 bridgehead atoms. The predicted octanol–water partition coefficient (Wildman–Crippen LogP) is 3.26. The molecule has 9 heteroatoms. The average Bonchev–Trinajstić information content (AvgIpc) is 2.68. The van der Waals surface area contributed by atoms with Crippen LogP contribution in [0.3, 0.4) is 0 Å². The molecule has 0 radical (unpaired) electrons. The Morgan fingerprint density at radius 1 is 1.13 bits per heavy atom. The Morgan fingerprint density at radius 3 is 2.32 bits per heavy atom. The molecule has 2 aliphatic rings. The Labute approximate surface area is 184 Å². The van der Waals surface area contributed by atoms with Gasteiger partial charge in [0, 0.05) is 25.0 Å². The van der Waals surface area contributed by atoms with E-state index in [1.807, 2.05) is 13.8 Å². The van der Waals surface area contributed by atoms with Crippen molar-refractivity contribution in [2.45, 2.75) is 76.9 Å². The molecule has 1 saturated heterocycles. The van der Waals surface area contributed by atoms with Gasteiger partial charge in [0.15, 0.2) is 0 Å². The van der Waals surface area contributed by atoms with Gasteiger partial charge in [0.2, 0.25) is 15.9 Å². The molecule has 1 aliphatic heterocycles. The van der Waals surface area contributed by atoms with Gasteiger partial charge >= 0.3 is 0 Å². The lowest BCUT2D eigenvalue weighted by Gasteiger charge is -2.38. The molecule has 0 aromatic heterocycles. The summed E-state index contributed by atoms with van der Waals surface area (Å²) >= 11 is 0. The summed E-state index contributed by atoms with van der Waals surface area (Å²) in [6.07, 6.45) is 2.50. The van der Waals surface area contributed by atoms with Gasteiger partial charge in [0.25, 0.3) is 0 Å². The summed E-state index contributed by atoms with van der Waals surface area (Å²) in [4.78, 5) is 15.0. The van der Waals surface area contributed by atoms with Crippen LogP contribution in [0.25, 0.3) is 0 Å². The lowest BCUT2D eigenvalue weighted by atomic mass is 9.86. The quantitative estimate of drug-likeness (QED) is 0.688. The van der Waals surface area contributed by atoms with Crippen LogP contribution < -0.4 is 14.9 Å². The largest absolute Gasteiger partial charge is 0.372 e. The second-order valence-electron chi connectivity index (χ2n) is 9.07. The number of nitrogens with zero attached hydrogens (tertiary/aromatic N) is 1. The Morgan fingerprint density at radius 2 is 1.74 bits per heavy atom. The maximum absolute atomic E-state index is 14.0. The van der Waals surface area contributed by atoms with Gasteiger partial charge in [-0.2, -0.15) is 0 Å². The number of anilines is 2. The maximum atomic E-state index is 14.0. The molecule has 174 valence electrons. The fourth-order valence-electron chi connectivity index (χ4n) is 4.32. The summed E-state index contributed by atoms with van der Waals surface area (Å²) in [6, 6.07) is 4.28. The van der Waals surface area contributed by atoms with E-state index in [1.165, 1.54) is 12.1 Å². The number of ether oxygens (including phenoxy) is 1. The molecular formula is C22H34FN3O4S. The number of nitrogens with one attached hydrogen (secondary N) is 2. The summed E-state index contributed by atoms with van der Waals surface area (Å²) in [5.74, 6) is -0.648. The monoisotopic (exact) mass is 455 g/mol. The molecule has 3 rings (SSSR count). The van der Waals surface area contributed by atoms with Crippen molar-refractivity contribution in [1.82, 2.24) is 4.72 Å². The molecule has 1 heterocycles. The van der Waals surface area contributed by atoms with E-state index in [4.69, 9.17) is 4.74 Å². The Kier molecular flexibility index (Phi) is 7.59. The smallest absolute Gasteiger partial charge is 0.227 e. The van der Waals surface area contributed by atoms with Gasteiger partial charge < -0.3 is 15.0 Å². The minimum atomic E-state index is -3.32. The van der Waals surface area contributed by atoms with E-state index in [2.05, 4.69) is 14.9 Å². The molecule has 31 heavy (non-hydrogen) atoms. The van der Waals surface area contributed by atoms with Gasteiger partial charge in [-0.1, -0.05) is 0 Å². The van der Waals surface area contributed by atoms with Crippen LogP contribution in [0, 0.1) is 11.7 Å². The van der Waals surface area contributed by atoms with Crippen LogP contribution in [-0.2, 0) is 19.6 Å². The van der Waals surface area contributed by atoms with Gasteiger partial charge in [0.05, 0.1) is 28.8 Å². The normalized spacial score (nSPS) is 27.4. The number of benzene rings is 1. The van der Waals surface area contributed by atoms with Crippen molar-refractivity contribution in [1.29, 1.82) is 0 Å². The van der Waals surface area contributed by atoms with Crippen LogP contribution in [0.4, 0.5) is 15.8 Å². The van der Waals surface area contributed by atoms with Gasteiger partial charge in [-0.15, -0.1) is 0 Å². The first-order valence-electron chi connectivity index (χ1n) is 11.1. The molecule has 1 aromatic rings. The van der Waals surface area contributed by atoms with Crippen molar-refractivity contribution in [3.05, 3.63) is 24.0 Å². The summed E-state index contributed by atoms with van der Waals surface area (Å²) in [5, 5.41) is 2.51. The number of carbonyl (C=O) groups is 1. The number of amides is 1. The number of sulfonamides is 1. The molecule has 0 unspecified atom stereocenters. The third-order valence-electron chi connectivity index (χ3n) is 6.03. The lowest BCUT2D eigenvalue weighted by molar-refractivity contribution is -0.120. The number of halogens is 1. The van der Waals surface area contributed by atoms with Crippen LogP contribution >= 0.6 is 0 Å². The van der Waals surface area contributed by atoms with Crippen molar-refractivity contribution >= 4 is 27.3 Å². The van der Waals surface area contributed by atoms with E-state index in [-0.39, 0.29) is 35.9 Å². The zero-order chi connectivity index (χ0) is 22.8. The van der Waals surface area contributed by atoms with E-state index in [9.17, 15) is 17.6 Å². The third kappa shape index (κ3) is 6.17. The van der Waals surface area contributed by atoms with E-state index in [1.54, 1.807) is 19.9 Å². The molecule has 1 aliphatic carbocycles. The SMILES string of the molecule is CC(C)S(=O)(=O)N[C@H]1CC[C@H](C(=O)Nc2ccc(F)cc2N2C[C@@H](C)O[C@@H](C)C2)CC1. The summed E-state index contributed by atoms with van der Waals surface area (Å²) in [7, 11) is -3.32. The van der Waals surface area contributed by atoms with E-state index < -0.39 is 15.3 Å². The zero-order valence-corrected chi connectivity index (χ0v) is 19.5. The van der Waals surface area contributed by atoms with E-state index in [0.717, 1.165) is 0 Å². The standard InChI is InChI=1S/C22H34FN3O4S/c1-14(2)31(28,29)25-19-8-5-17(6-9-19)22(27)24-20-10-7-18(23)11-21(20)26-12-15(3)30-16(4)13-26/h7,10-11,14-17,19,25H,5-6,8-9,12-13H2,1-4H3,(H,24,27)/t15-,16+,17-,19-. The van der Waals surface area contributed by atoms with Gasteiger partial charge in [-0.25, -0.2) is 17.5 Å². The highest BCUT2D eigenvalue weighted by atomic mass is 32.2. The molecule has 7 nitrogen and oxygen atoms in total. The summed E-state index contributed by atoms with van der Waals surface area (Å²) in [5.41, 5.74) is 1.25. The fraction of sp³-hybridized carbons (Fsp3) is 0.682. The summed E-state index contributed by atoms with van der Waals surface area (Å²) < 4.78 is 46.7. The highest BCUT2D eigenvalue weighted by molar-refractivity contribution is 7.90. The first-order valence-corrected chi connectivity index (χ1v) is 12.6.